The van der Waals surface area contributed by atoms with Gasteiger partial charge >= 0.3 is 0 Å². The van der Waals surface area contributed by atoms with Crippen molar-refractivity contribution in [2.24, 2.45) is 0 Å². The van der Waals surface area contributed by atoms with Gasteiger partial charge in [-0.15, -0.1) is 0 Å². The predicted molar refractivity (Wildman–Crippen MR) is 50.5 cm³/mol. The molecule has 2 aromatic rings. The average molecular weight is 177 g/mol. The molecule has 0 radical (unpaired) electrons. The summed E-state index contributed by atoms with van der Waals surface area (Å²) < 4.78 is 4.97. The standard InChI is InChI=1S/C9H11N3O/c1-2-10-9-5-8(11-12-9)7-3-4-13-6-7/h3-6H,2H2,1H3,(H2,10,11,12). The zero-order valence-electron chi connectivity index (χ0n) is 7.37. The molecule has 13 heavy (non-hydrogen) atoms. The first kappa shape index (κ1) is 7.91. The summed E-state index contributed by atoms with van der Waals surface area (Å²) in [6.07, 6.45) is 3.33. The number of hydrogen-bond acceptors (Lipinski definition) is 3. The van der Waals surface area contributed by atoms with E-state index < -0.39 is 0 Å². The van der Waals surface area contributed by atoms with Crippen LogP contribution in [0, 0.1) is 0 Å². The molecule has 2 N–H and O–H groups in total. The highest BCUT2D eigenvalue weighted by atomic mass is 16.3. The Morgan fingerprint density at radius 3 is 3.23 bits per heavy atom. The number of nitrogens with one attached hydrogen (secondary N) is 2. The molecule has 0 aromatic carbocycles. The number of anilines is 1. The minimum atomic E-state index is 0.860. The number of furan rings is 1. The van der Waals surface area contributed by atoms with E-state index in [4.69, 9.17) is 4.42 Å². The molecule has 0 aliphatic carbocycles. The second-order valence-corrected chi connectivity index (χ2v) is 2.71. The van der Waals surface area contributed by atoms with Gasteiger partial charge in [-0.05, 0) is 13.0 Å². The summed E-state index contributed by atoms with van der Waals surface area (Å²) in [5, 5.41) is 10.1. The molecule has 0 unspecified atom stereocenters. The van der Waals surface area contributed by atoms with Crippen molar-refractivity contribution >= 4 is 5.82 Å². The van der Waals surface area contributed by atoms with Crippen LogP contribution >= 0.6 is 0 Å². The van der Waals surface area contributed by atoms with Crippen molar-refractivity contribution in [3.05, 3.63) is 24.7 Å². The summed E-state index contributed by atoms with van der Waals surface area (Å²) in [5.41, 5.74) is 1.97. The van der Waals surface area contributed by atoms with Crippen LogP contribution < -0.4 is 5.32 Å². The molecule has 4 nitrogen and oxygen atoms in total. The Kier molecular flexibility index (Phi) is 2.04. The third-order valence-electron chi connectivity index (χ3n) is 1.77. The van der Waals surface area contributed by atoms with Crippen LogP contribution in [0.3, 0.4) is 0 Å². The molecule has 0 bridgehead atoms. The van der Waals surface area contributed by atoms with Gasteiger partial charge in [0.15, 0.2) is 0 Å². The summed E-state index contributed by atoms with van der Waals surface area (Å²) in [6.45, 7) is 2.90. The minimum Gasteiger partial charge on any atom is -0.472 e. The summed E-state index contributed by atoms with van der Waals surface area (Å²) in [6, 6.07) is 3.84. The first-order valence-corrected chi connectivity index (χ1v) is 4.22. The molecule has 0 atom stereocenters. The fourth-order valence-electron chi connectivity index (χ4n) is 1.16. The van der Waals surface area contributed by atoms with Gasteiger partial charge in [-0.3, -0.25) is 5.10 Å². The van der Waals surface area contributed by atoms with Crippen LogP contribution in [0.5, 0.6) is 0 Å². The normalized spacial score (nSPS) is 10.2. The Morgan fingerprint density at radius 2 is 2.54 bits per heavy atom. The van der Waals surface area contributed by atoms with Crippen molar-refractivity contribution in [1.82, 2.24) is 10.2 Å². The summed E-state index contributed by atoms with van der Waals surface area (Å²) in [5.74, 6) is 0.860. The zero-order valence-corrected chi connectivity index (χ0v) is 7.37. The molecule has 68 valence electrons. The lowest BCUT2D eigenvalue weighted by Gasteiger charge is -1.92. The lowest BCUT2D eigenvalue weighted by atomic mass is 10.2. The molecule has 0 aliphatic rings. The van der Waals surface area contributed by atoms with Gasteiger partial charge in [-0.1, -0.05) is 0 Å². The van der Waals surface area contributed by atoms with Gasteiger partial charge in [0.1, 0.15) is 5.82 Å². The third kappa shape index (κ3) is 1.56. The van der Waals surface area contributed by atoms with Crippen LogP contribution in [-0.2, 0) is 0 Å². The second kappa shape index (κ2) is 3.35. The van der Waals surface area contributed by atoms with Gasteiger partial charge < -0.3 is 9.73 Å². The van der Waals surface area contributed by atoms with Gasteiger partial charge in [0.05, 0.1) is 18.2 Å². The van der Waals surface area contributed by atoms with E-state index in [1.807, 2.05) is 19.1 Å². The quantitative estimate of drug-likeness (QED) is 0.754. The Balaban J connectivity index is 2.23. The Morgan fingerprint density at radius 1 is 1.62 bits per heavy atom. The van der Waals surface area contributed by atoms with E-state index in [0.717, 1.165) is 23.6 Å². The second-order valence-electron chi connectivity index (χ2n) is 2.71. The highest BCUT2D eigenvalue weighted by Crippen LogP contribution is 2.19. The molecule has 4 heteroatoms. The van der Waals surface area contributed by atoms with Gasteiger partial charge in [-0.2, -0.15) is 5.10 Å². The van der Waals surface area contributed by atoms with Crippen LogP contribution in [0.4, 0.5) is 5.82 Å². The largest absolute Gasteiger partial charge is 0.472 e. The zero-order chi connectivity index (χ0) is 9.10. The molecular formula is C9H11N3O. The number of rotatable bonds is 3. The number of hydrogen-bond donors (Lipinski definition) is 2. The Labute approximate surface area is 76.0 Å². The van der Waals surface area contributed by atoms with Crippen molar-refractivity contribution in [1.29, 1.82) is 0 Å². The Hall–Kier alpha value is -1.71. The van der Waals surface area contributed by atoms with Gasteiger partial charge in [0, 0.05) is 18.2 Å². The van der Waals surface area contributed by atoms with E-state index in [-0.39, 0.29) is 0 Å². The van der Waals surface area contributed by atoms with E-state index in [2.05, 4.69) is 15.5 Å². The summed E-state index contributed by atoms with van der Waals surface area (Å²) in [7, 11) is 0. The van der Waals surface area contributed by atoms with Crippen molar-refractivity contribution in [2.75, 3.05) is 11.9 Å². The molecule has 0 spiro atoms. The third-order valence-corrected chi connectivity index (χ3v) is 1.77. The first-order valence-electron chi connectivity index (χ1n) is 4.22. The van der Waals surface area contributed by atoms with Crippen molar-refractivity contribution in [2.45, 2.75) is 6.92 Å². The van der Waals surface area contributed by atoms with Crippen molar-refractivity contribution < 1.29 is 4.42 Å². The van der Waals surface area contributed by atoms with Crippen LogP contribution in [0.25, 0.3) is 11.3 Å². The van der Waals surface area contributed by atoms with Gasteiger partial charge in [-0.25, -0.2) is 0 Å². The number of aromatic nitrogens is 2. The molecule has 0 aliphatic heterocycles. The molecule has 0 saturated carbocycles. The summed E-state index contributed by atoms with van der Waals surface area (Å²) >= 11 is 0. The minimum absolute atomic E-state index is 0.860. The fraction of sp³-hybridized carbons (Fsp3) is 0.222. The SMILES string of the molecule is CCNc1cc(-c2ccoc2)[nH]n1. The maximum absolute atomic E-state index is 4.97. The van der Waals surface area contributed by atoms with E-state index >= 15 is 0 Å². The van der Waals surface area contributed by atoms with Crippen molar-refractivity contribution in [3.63, 3.8) is 0 Å². The molecule has 0 saturated heterocycles. The van der Waals surface area contributed by atoms with Gasteiger partial charge in [0.25, 0.3) is 0 Å². The first-order chi connectivity index (χ1) is 6.40. The maximum atomic E-state index is 4.97. The van der Waals surface area contributed by atoms with Crippen LogP contribution in [0.15, 0.2) is 29.1 Å². The molecule has 2 rings (SSSR count). The number of nitrogens with zero attached hydrogens (tertiary/aromatic N) is 1. The van der Waals surface area contributed by atoms with E-state index in [0.29, 0.717) is 0 Å². The number of aromatic amines is 1. The highest BCUT2D eigenvalue weighted by Gasteiger charge is 2.02. The van der Waals surface area contributed by atoms with Crippen LogP contribution in [0.1, 0.15) is 6.92 Å². The molecule has 0 amide bonds. The fourth-order valence-corrected chi connectivity index (χ4v) is 1.16. The van der Waals surface area contributed by atoms with E-state index in [1.54, 1.807) is 12.5 Å². The molecule has 0 fully saturated rings. The maximum Gasteiger partial charge on any atom is 0.148 e. The average Bonchev–Trinajstić information content (AvgIpc) is 2.70. The Bertz CT molecular complexity index is 364. The molecular weight excluding hydrogens is 166 g/mol. The number of H-pyrrole nitrogens is 1. The van der Waals surface area contributed by atoms with Gasteiger partial charge in [0.2, 0.25) is 0 Å². The van der Waals surface area contributed by atoms with E-state index in [1.165, 1.54) is 0 Å². The smallest absolute Gasteiger partial charge is 0.148 e. The molecule has 2 aromatic heterocycles. The molecule has 2 heterocycles. The van der Waals surface area contributed by atoms with E-state index in [9.17, 15) is 0 Å². The highest BCUT2D eigenvalue weighted by molar-refractivity contribution is 5.61. The lowest BCUT2D eigenvalue weighted by Crippen LogP contribution is -1.95. The lowest BCUT2D eigenvalue weighted by molar-refractivity contribution is 0.568. The van der Waals surface area contributed by atoms with Crippen LogP contribution in [-0.4, -0.2) is 16.7 Å². The summed E-state index contributed by atoms with van der Waals surface area (Å²) in [4.78, 5) is 0. The van der Waals surface area contributed by atoms with Crippen LogP contribution in [0.2, 0.25) is 0 Å². The monoisotopic (exact) mass is 177 g/mol. The predicted octanol–water partition coefficient (Wildman–Crippen LogP) is 2.10. The topological polar surface area (TPSA) is 53.9 Å². The van der Waals surface area contributed by atoms with Crippen molar-refractivity contribution in [3.8, 4) is 11.3 Å².